The molecule has 2 rings (SSSR count). The molecular weight excluding hydrogens is 226 g/mol. The highest BCUT2D eigenvalue weighted by molar-refractivity contribution is 5.99. The minimum absolute atomic E-state index is 0.0293. The van der Waals surface area contributed by atoms with Gasteiger partial charge in [-0.3, -0.25) is 9.78 Å². The first-order chi connectivity index (χ1) is 8.39. The van der Waals surface area contributed by atoms with E-state index >= 15 is 0 Å². The fraction of sp³-hybridized carbons (Fsp3) is 0.571. The molecule has 1 atom stereocenters. The van der Waals surface area contributed by atoms with Gasteiger partial charge in [0.1, 0.15) is 0 Å². The smallest absolute Gasteiger partial charge is 0.256 e. The Morgan fingerprint density at radius 3 is 2.78 bits per heavy atom. The number of pyridine rings is 1. The molecule has 1 unspecified atom stereocenters. The summed E-state index contributed by atoms with van der Waals surface area (Å²) in [4.78, 5) is 18.2. The van der Waals surface area contributed by atoms with Gasteiger partial charge in [0.2, 0.25) is 0 Å². The lowest BCUT2D eigenvalue weighted by Crippen LogP contribution is -2.31. The summed E-state index contributed by atoms with van der Waals surface area (Å²) in [6.07, 6.45) is 4.21. The second-order valence-electron chi connectivity index (χ2n) is 6.07. The normalized spacial score (nSPS) is 20.2. The molecule has 0 aliphatic carbocycles. The Bertz CT molecular complexity index is 451. The maximum absolute atomic E-state index is 12.4. The molecule has 18 heavy (non-hydrogen) atoms. The number of nitrogens with two attached hydrogens (primary N) is 1. The zero-order valence-electron chi connectivity index (χ0n) is 11.3. The van der Waals surface area contributed by atoms with Crippen molar-refractivity contribution in [2.45, 2.75) is 27.2 Å². The molecule has 0 spiro atoms. The third-order valence-corrected chi connectivity index (χ3v) is 3.78. The van der Waals surface area contributed by atoms with Gasteiger partial charge in [-0.15, -0.1) is 0 Å². The van der Waals surface area contributed by atoms with Crippen molar-refractivity contribution in [2.24, 2.45) is 11.3 Å². The molecule has 1 aromatic heterocycles. The molecule has 0 aromatic carbocycles. The van der Waals surface area contributed by atoms with E-state index in [2.05, 4.69) is 25.8 Å². The molecule has 0 radical (unpaired) electrons. The van der Waals surface area contributed by atoms with E-state index in [-0.39, 0.29) is 11.3 Å². The van der Waals surface area contributed by atoms with E-state index in [1.165, 1.54) is 6.20 Å². The average Bonchev–Trinajstić information content (AvgIpc) is 2.77. The Labute approximate surface area is 108 Å². The Hall–Kier alpha value is -1.58. The van der Waals surface area contributed by atoms with Crippen molar-refractivity contribution < 1.29 is 4.79 Å². The monoisotopic (exact) mass is 247 g/mol. The van der Waals surface area contributed by atoms with Crippen LogP contribution in [0.1, 0.15) is 37.6 Å². The highest BCUT2D eigenvalue weighted by atomic mass is 16.2. The summed E-state index contributed by atoms with van der Waals surface area (Å²) in [7, 11) is 0. The van der Waals surface area contributed by atoms with Crippen molar-refractivity contribution in [3.05, 3.63) is 24.0 Å². The molecule has 98 valence electrons. The number of amides is 1. The highest BCUT2D eigenvalue weighted by Gasteiger charge is 2.34. The number of hydrogen-bond donors (Lipinski definition) is 1. The fourth-order valence-electron chi connectivity index (χ4n) is 2.42. The van der Waals surface area contributed by atoms with Crippen molar-refractivity contribution in [3.63, 3.8) is 0 Å². The Morgan fingerprint density at radius 2 is 2.22 bits per heavy atom. The average molecular weight is 247 g/mol. The second kappa shape index (κ2) is 4.59. The van der Waals surface area contributed by atoms with E-state index in [0.717, 1.165) is 19.5 Å². The molecule has 0 saturated carbocycles. The molecule has 2 heterocycles. The minimum Gasteiger partial charge on any atom is -0.397 e. The van der Waals surface area contributed by atoms with Gasteiger partial charge in [-0.1, -0.05) is 20.8 Å². The number of rotatable bonds is 1. The standard InChI is InChI=1S/C14H21N3O/c1-14(2,3)10-5-7-17(9-10)13(18)11-4-6-16-8-12(11)15/h4,6,8,10H,5,7,9,15H2,1-3H3. The summed E-state index contributed by atoms with van der Waals surface area (Å²) in [5.74, 6) is 0.589. The van der Waals surface area contributed by atoms with Crippen LogP contribution in [0, 0.1) is 11.3 Å². The first kappa shape index (κ1) is 12.9. The van der Waals surface area contributed by atoms with Gasteiger partial charge in [0.25, 0.3) is 5.91 Å². The number of carbonyl (C=O) groups is 1. The van der Waals surface area contributed by atoms with Crippen LogP contribution in [-0.4, -0.2) is 28.9 Å². The zero-order valence-corrected chi connectivity index (χ0v) is 11.3. The zero-order chi connectivity index (χ0) is 13.3. The third-order valence-electron chi connectivity index (χ3n) is 3.78. The number of nitrogens with zero attached hydrogens (tertiary/aromatic N) is 2. The summed E-state index contributed by atoms with van der Waals surface area (Å²) in [5, 5.41) is 0. The van der Waals surface area contributed by atoms with Crippen LogP contribution >= 0.6 is 0 Å². The van der Waals surface area contributed by atoms with Crippen LogP contribution < -0.4 is 5.73 Å². The van der Waals surface area contributed by atoms with Gasteiger partial charge in [-0.2, -0.15) is 0 Å². The van der Waals surface area contributed by atoms with E-state index in [1.807, 2.05) is 4.90 Å². The summed E-state index contributed by atoms with van der Waals surface area (Å²) in [5.41, 5.74) is 7.08. The first-order valence-corrected chi connectivity index (χ1v) is 6.38. The van der Waals surface area contributed by atoms with Crippen LogP contribution in [0.5, 0.6) is 0 Å². The van der Waals surface area contributed by atoms with E-state index < -0.39 is 0 Å². The van der Waals surface area contributed by atoms with Gasteiger partial charge in [0.15, 0.2) is 0 Å². The molecule has 1 fully saturated rings. The predicted molar refractivity (Wildman–Crippen MR) is 72.1 cm³/mol. The summed E-state index contributed by atoms with van der Waals surface area (Å²) < 4.78 is 0. The van der Waals surface area contributed by atoms with Gasteiger partial charge in [0, 0.05) is 19.3 Å². The van der Waals surface area contributed by atoms with Gasteiger partial charge in [0.05, 0.1) is 17.4 Å². The van der Waals surface area contributed by atoms with Crippen LogP contribution in [0.3, 0.4) is 0 Å². The fourth-order valence-corrected chi connectivity index (χ4v) is 2.42. The Balaban J connectivity index is 2.11. The van der Waals surface area contributed by atoms with Crippen molar-refractivity contribution in [1.82, 2.24) is 9.88 Å². The Morgan fingerprint density at radius 1 is 1.50 bits per heavy atom. The molecule has 1 aromatic rings. The molecule has 1 saturated heterocycles. The van der Waals surface area contributed by atoms with E-state index in [1.54, 1.807) is 12.3 Å². The molecule has 2 N–H and O–H groups in total. The van der Waals surface area contributed by atoms with Crippen molar-refractivity contribution in [2.75, 3.05) is 18.8 Å². The molecule has 4 heteroatoms. The van der Waals surface area contributed by atoms with Crippen LogP contribution in [0.2, 0.25) is 0 Å². The number of aromatic nitrogens is 1. The van der Waals surface area contributed by atoms with Crippen LogP contribution in [0.15, 0.2) is 18.5 Å². The summed E-state index contributed by atoms with van der Waals surface area (Å²) in [6.45, 7) is 8.33. The number of likely N-dealkylation sites (tertiary alicyclic amines) is 1. The number of hydrogen-bond acceptors (Lipinski definition) is 3. The number of carbonyl (C=O) groups excluding carboxylic acids is 1. The maximum Gasteiger partial charge on any atom is 0.256 e. The quantitative estimate of drug-likeness (QED) is 0.827. The van der Waals surface area contributed by atoms with E-state index in [4.69, 9.17) is 5.73 Å². The topological polar surface area (TPSA) is 59.2 Å². The van der Waals surface area contributed by atoms with Gasteiger partial charge < -0.3 is 10.6 Å². The highest BCUT2D eigenvalue weighted by Crippen LogP contribution is 2.34. The van der Waals surface area contributed by atoms with Gasteiger partial charge >= 0.3 is 0 Å². The van der Waals surface area contributed by atoms with Crippen LogP contribution in [0.4, 0.5) is 5.69 Å². The molecule has 1 aliphatic rings. The summed E-state index contributed by atoms with van der Waals surface area (Å²) >= 11 is 0. The van der Waals surface area contributed by atoms with Gasteiger partial charge in [-0.05, 0) is 23.8 Å². The van der Waals surface area contributed by atoms with E-state index in [9.17, 15) is 4.79 Å². The lowest BCUT2D eigenvalue weighted by atomic mass is 9.80. The lowest BCUT2D eigenvalue weighted by molar-refractivity contribution is 0.0777. The Kier molecular flexibility index (Phi) is 3.28. The number of nitrogen functional groups attached to an aromatic ring is 1. The maximum atomic E-state index is 12.4. The summed E-state index contributed by atoms with van der Waals surface area (Å²) in [6, 6.07) is 1.70. The third kappa shape index (κ3) is 2.47. The molecule has 1 aliphatic heterocycles. The number of anilines is 1. The van der Waals surface area contributed by atoms with Crippen molar-refractivity contribution >= 4 is 11.6 Å². The largest absolute Gasteiger partial charge is 0.397 e. The van der Waals surface area contributed by atoms with Crippen molar-refractivity contribution in [1.29, 1.82) is 0 Å². The molecule has 1 amide bonds. The van der Waals surface area contributed by atoms with Gasteiger partial charge in [-0.25, -0.2) is 0 Å². The molecule has 4 nitrogen and oxygen atoms in total. The first-order valence-electron chi connectivity index (χ1n) is 6.38. The minimum atomic E-state index is 0.0293. The SMILES string of the molecule is CC(C)(C)C1CCN(C(=O)c2ccncc2N)C1. The second-order valence-corrected chi connectivity index (χ2v) is 6.07. The molecule has 0 bridgehead atoms. The predicted octanol–water partition coefficient (Wildman–Crippen LogP) is 2.17. The molecular formula is C14H21N3O. The van der Waals surface area contributed by atoms with Crippen molar-refractivity contribution in [3.8, 4) is 0 Å². The van der Waals surface area contributed by atoms with Crippen LogP contribution in [0.25, 0.3) is 0 Å². The lowest BCUT2D eigenvalue weighted by Gasteiger charge is -2.27. The van der Waals surface area contributed by atoms with E-state index in [0.29, 0.717) is 17.2 Å². The van der Waals surface area contributed by atoms with Crippen LogP contribution in [-0.2, 0) is 0 Å².